The molecule has 1 aliphatic rings. The molecular weight excluding hydrogens is 268 g/mol. The Hall–Kier alpha value is -2.82. The highest BCUT2D eigenvalue weighted by atomic mass is 16.5. The molecule has 2 aromatic carbocycles. The molecule has 2 aromatic rings. The number of rotatable bonds is 4. The third kappa shape index (κ3) is 2.86. The average molecular weight is 282 g/mol. The van der Waals surface area contributed by atoms with Crippen LogP contribution in [-0.2, 0) is 11.2 Å². The largest absolute Gasteiger partial charge is 0.485 e. The Morgan fingerprint density at radius 3 is 2.71 bits per heavy atom. The first-order chi connectivity index (χ1) is 10.2. The molecule has 5 nitrogen and oxygen atoms in total. The fourth-order valence-corrected chi connectivity index (χ4v) is 2.22. The molecule has 21 heavy (non-hydrogen) atoms. The van der Waals surface area contributed by atoms with Gasteiger partial charge in [-0.1, -0.05) is 36.4 Å². The Kier molecular flexibility index (Phi) is 3.55. The summed E-state index contributed by atoms with van der Waals surface area (Å²) >= 11 is 0. The van der Waals surface area contributed by atoms with E-state index in [9.17, 15) is 9.59 Å². The molecular formula is C16H14N2O3. The minimum atomic E-state index is -0.176. The molecule has 0 aliphatic carbocycles. The Labute approximate surface area is 121 Å². The van der Waals surface area contributed by atoms with Gasteiger partial charge in [-0.15, -0.1) is 0 Å². The van der Waals surface area contributed by atoms with Crippen LogP contribution < -0.4 is 15.6 Å². The molecule has 2 N–H and O–H groups in total. The normalized spacial score (nSPS) is 12.5. The van der Waals surface area contributed by atoms with Crippen molar-refractivity contribution in [2.45, 2.75) is 6.42 Å². The van der Waals surface area contributed by atoms with Crippen molar-refractivity contribution in [1.82, 2.24) is 5.43 Å². The van der Waals surface area contributed by atoms with Gasteiger partial charge in [0.25, 0.3) is 0 Å². The first-order valence-electron chi connectivity index (χ1n) is 6.62. The zero-order valence-electron chi connectivity index (χ0n) is 11.3. The highest BCUT2D eigenvalue weighted by Gasteiger charge is 2.24. The second-order valence-electron chi connectivity index (χ2n) is 4.73. The van der Waals surface area contributed by atoms with E-state index >= 15 is 0 Å². The summed E-state index contributed by atoms with van der Waals surface area (Å²) < 4.78 is 5.25. The number of hydrazine groups is 1. The average Bonchev–Trinajstić information content (AvgIpc) is 2.88. The molecule has 3 rings (SSSR count). The van der Waals surface area contributed by atoms with Crippen molar-refractivity contribution in [3.05, 3.63) is 59.7 Å². The van der Waals surface area contributed by atoms with Gasteiger partial charge in [0, 0.05) is 0 Å². The lowest BCUT2D eigenvalue weighted by molar-refractivity contribution is -0.119. The zero-order chi connectivity index (χ0) is 14.7. The predicted molar refractivity (Wildman–Crippen MR) is 78.2 cm³/mol. The van der Waals surface area contributed by atoms with Crippen LogP contribution in [0.2, 0.25) is 0 Å². The van der Waals surface area contributed by atoms with Crippen LogP contribution in [0.5, 0.6) is 5.75 Å². The first kappa shape index (κ1) is 13.2. The van der Waals surface area contributed by atoms with E-state index < -0.39 is 0 Å². The van der Waals surface area contributed by atoms with Gasteiger partial charge in [-0.2, -0.15) is 0 Å². The number of carbonyl (C=O) groups excluding carboxylic acids is 2. The summed E-state index contributed by atoms with van der Waals surface area (Å²) in [6.07, 6.45) is 0.271. The maximum Gasteiger partial charge on any atom is 0.242 e. The molecule has 0 unspecified atom stereocenters. The molecule has 0 aromatic heterocycles. The van der Waals surface area contributed by atoms with E-state index in [-0.39, 0.29) is 24.7 Å². The second-order valence-corrected chi connectivity index (χ2v) is 4.73. The third-order valence-corrected chi connectivity index (χ3v) is 3.21. The van der Waals surface area contributed by atoms with Gasteiger partial charge >= 0.3 is 0 Å². The molecule has 5 heteroatoms. The van der Waals surface area contributed by atoms with Crippen molar-refractivity contribution in [2.75, 3.05) is 12.0 Å². The molecule has 1 amide bonds. The van der Waals surface area contributed by atoms with Crippen LogP contribution >= 0.6 is 0 Å². The smallest absolute Gasteiger partial charge is 0.242 e. The molecule has 106 valence electrons. The van der Waals surface area contributed by atoms with Gasteiger partial charge in [0.15, 0.2) is 6.61 Å². The Morgan fingerprint density at radius 1 is 1.10 bits per heavy atom. The first-order valence-corrected chi connectivity index (χ1v) is 6.62. The number of ketones is 1. The van der Waals surface area contributed by atoms with Crippen LogP contribution in [0.15, 0.2) is 48.5 Å². The van der Waals surface area contributed by atoms with E-state index in [1.165, 1.54) is 0 Å². The van der Waals surface area contributed by atoms with Gasteiger partial charge in [0.1, 0.15) is 5.75 Å². The molecule has 0 saturated carbocycles. The lowest BCUT2D eigenvalue weighted by Crippen LogP contribution is -2.31. The quantitative estimate of drug-likeness (QED) is 0.841. The van der Waals surface area contributed by atoms with Crippen molar-refractivity contribution < 1.29 is 14.3 Å². The molecule has 0 saturated heterocycles. The zero-order valence-corrected chi connectivity index (χ0v) is 11.3. The number of hydrogen-bond donors (Lipinski definition) is 2. The number of hydrogen-bond acceptors (Lipinski definition) is 4. The number of carbonyl (C=O) groups is 2. The number of anilines is 1. The summed E-state index contributed by atoms with van der Waals surface area (Å²) in [6.45, 7) is 0.0476. The summed E-state index contributed by atoms with van der Waals surface area (Å²) in [5.74, 6) is 0.276. The van der Waals surface area contributed by atoms with E-state index in [0.29, 0.717) is 17.0 Å². The van der Waals surface area contributed by atoms with Crippen LogP contribution in [0.4, 0.5) is 5.69 Å². The van der Waals surface area contributed by atoms with E-state index in [1.54, 1.807) is 18.2 Å². The molecule has 0 spiro atoms. The number of Topliss-reactive ketones (excluding diaryl/α,β-unsaturated/α-hetero) is 1. The number of benzene rings is 2. The lowest BCUT2D eigenvalue weighted by atomic mass is 10.1. The molecule has 1 heterocycles. The Morgan fingerprint density at radius 2 is 1.90 bits per heavy atom. The molecule has 0 radical (unpaired) electrons. The maximum absolute atomic E-state index is 11.9. The Bertz CT molecular complexity index is 683. The predicted octanol–water partition coefficient (Wildman–Crippen LogP) is 1.95. The molecule has 0 fully saturated rings. The van der Waals surface area contributed by atoms with Crippen LogP contribution in [0.25, 0.3) is 0 Å². The Balaban J connectivity index is 1.65. The van der Waals surface area contributed by atoms with Crippen LogP contribution in [-0.4, -0.2) is 18.3 Å². The van der Waals surface area contributed by atoms with Crippen molar-refractivity contribution in [2.24, 2.45) is 0 Å². The summed E-state index contributed by atoms with van der Waals surface area (Å²) in [4.78, 5) is 23.6. The monoisotopic (exact) mass is 282 g/mol. The van der Waals surface area contributed by atoms with Crippen molar-refractivity contribution in [3.8, 4) is 5.75 Å². The van der Waals surface area contributed by atoms with Gasteiger partial charge in [-0.25, -0.2) is 0 Å². The van der Waals surface area contributed by atoms with Gasteiger partial charge in [-0.3, -0.25) is 20.4 Å². The van der Waals surface area contributed by atoms with Gasteiger partial charge in [0.2, 0.25) is 11.7 Å². The highest BCUT2D eigenvalue weighted by Crippen LogP contribution is 2.30. The summed E-state index contributed by atoms with van der Waals surface area (Å²) in [5.41, 5.74) is 7.36. The van der Waals surface area contributed by atoms with Crippen molar-refractivity contribution in [3.63, 3.8) is 0 Å². The van der Waals surface area contributed by atoms with E-state index in [0.717, 1.165) is 5.56 Å². The van der Waals surface area contributed by atoms with Crippen LogP contribution in [0.1, 0.15) is 15.9 Å². The fourth-order valence-electron chi connectivity index (χ4n) is 2.22. The number of ether oxygens (including phenoxy) is 1. The number of fused-ring (bicyclic) bond motifs is 1. The van der Waals surface area contributed by atoms with Crippen molar-refractivity contribution >= 4 is 17.4 Å². The van der Waals surface area contributed by atoms with E-state index in [4.69, 9.17) is 4.74 Å². The summed E-state index contributed by atoms with van der Waals surface area (Å²) in [7, 11) is 0. The number of nitrogens with one attached hydrogen (secondary N) is 2. The van der Waals surface area contributed by atoms with Crippen molar-refractivity contribution in [1.29, 1.82) is 0 Å². The maximum atomic E-state index is 11.9. The van der Waals surface area contributed by atoms with Crippen LogP contribution in [0.3, 0.4) is 0 Å². The van der Waals surface area contributed by atoms with Gasteiger partial charge in [0.05, 0.1) is 17.7 Å². The molecule has 0 atom stereocenters. The molecule has 0 bridgehead atoms. The fraction of sp³-hybridized carbons (Fsp3) is 0.125. The van der Waals surface area contributed by atoms with E-state index in [1.807, 2.05) is 30.3 Å². The van der Waals surface area contributed by atoms with Gasteiger partial charge < -0.3 is 4.74 Å². The summed E-state index contributed by atoms with van der Waals surface area (Å²) in [6, 6.07) is 14.7. The highest BCUT2D eigenvalue weighted by molar-refractivity contribution is 6.07. The topological polar surface area (TPSA) is 67.4 Å². The minimum Gasteiger partial charge on any atom is -0.485 e. The third-order valence-electron chi connectivity index (χ3n) is 3.21. The molecule has 1 aliphatic heterocycles. The number of amides is 1. The van der Waals surface area contributed by atoms with Gasteiger partial charge in [-0.05, 0) is 17.7 Å². The van der Waals surface area contributed by atoms with E-state index in [2.05, 4.69) is 10.9 Å². The SMILES string of the molecule is O=C(Cc1ccccc1)NNc1cccc2c1C(=O)CO2. The summed E-state index contributed by atoms with van der Waals surface area (Å²) in [5, 5.41) is 0. The minimum absolute atomic E-state index is 0.0476. The second kappa shape index (κ2) is 5.66. The van der Waals surface area contributed by atoms with Crippen LogP contribution in [0, 0.1) is 0 Å². The lowest BCUT2D eigenvalue weighted by Gasteiger charge is -2.10. The standard InChI is InChI=1S/C16H14N2O3/c19-13-10-21-14-8-4-7-12(16(13)14)17-18-15(20)9-11-5-2-1-3-6-11/h1-8,17H,9-10H2,(H,18,20).